The van der Waals surface area contributed by atoms with Crippen molar-refractivity contribution in [1.82, 2.24) is 10.3 Å². The number of carbonyl (C=O) groups is 1. The predicted octanol–water partition coefficient (Wildman–Crippen LogP) is 4.97. The lowest BCUT2D eigenvalue weighted by molar-refractivity contribution is 0.0950. The highest BCUT2D eigenvalue weighted by atomic mass is 35.5. The number of amides is 1. The zero-order chi connectivity index (χ0) is 16.9. The molecule has 0 saturated heterocycles. The number of nitrogens with zero attached hydrogens (tertiary/aromatic N) is 1. The highest BCUT2D eigenvalue weighted by Gasteiger charge is 2.09. The minimum atomic E-state index is -0.203. The molecule has 3 rings (SSSR count). The van der Waals surface area contributed by atoms with Gasteiger partial charge in [0.15, 0.2) is 0 Å². The number of thiazole rings is 1. The maximum Gasteiger partial charge on any atom is 0.251 e. The summed E-state index contributed by atoms with van der Waals surface area (Å²) in [6, 6.07) is 15.0. The second-order valence-electron chi connectivity index (χ2n) is 5.21. The Bertz CT molecular complexity index is 849. The van der Waals surface area contributed by atoms with E-state index in [1.54, 1.807) is 29.5 Å². The number of benzene rings is 2. The van der Waals surface area contributed by atoms with E-state index in [2.05, 4.69) is 22.4 Å². The Kier molecular flexibility index (Phi) is 5.51. The van der Waals surface area contributed by atoms with Crippen molar-refractivity contribution in [1.29, 1.82) is 0 Å². The molecular formula is C18H14Cl2N2OS. The number of aromatic nitrogens is 1. The van der Waals surface area contributed by atoms with E-state index in [1.807, 2.05) is 23.6 Å². The van der Waals surface area contributed by atoms with Crippen LogP contribution in [0, 0.1) is 0 Å². The summed E-state index contributed by atoms with van der Waals surface area (Å²) in [5.74, 6) is -0.203. The third-order valence-electron chi connectivity index (χ3n) is 3.41. The molecule has 1 amide bonds. The fourth-order valence-electron chi connectivity index (χ4n) is 2.19. The van der Waals surface area contributed by atoms with E-state index in [9.17, 15) is 4.79 Å². The number of hydrogen-bond acceptors (Lipinski definition) is 3. The number of hydrogen-bond donors (Lipinski definition) is 1. The Hall–Kier alpha value is -1.88. The van der Waals surface area contributed by atoms with Gasteiger partial charge in [0.05, 0.1) is 27.3 Å². The lowest BCUT2D eigenvalue weighted by Gasteiger charge is -2.04. The maximum absolute atomic E-state index is 12.1. The van der Waals surface area contributed by atoms with Gasteiger partial charge < -0.3 is 5.32 Å². The van der Waals surface area contributed by atoms with Crippen LogP contribution in [0.4, 0.5) is 0 Å². The van der Waals surface area contributed by atoms with Crippen molar-refractivity contribution < 1.29 is 4.79 Å². The molecule has 2 aromatic carbocycles. The Morgan fingerprint density at radius 3 is 2.62 bits per heavy atom. The Balaban J connectivity index is 1.59. The molecule has 0 fully saturated rings. The molecule has 1 N–H and O–H groups in total. The topological polar surface area (TPSA) is 42.0 Å². The minimum absolute atomic E-state index is 0.203. The van der Waals surface area contributed by atoms with Crippen LogP contribution in [-0.2, 0) is 13.0 Å². The molecule has 0 aliphatic rings. The zero-order valence-corrected chi connectivity index (χ0v) is 15.0. The van der Waals surface area contributed by atoms with Crippen LogP contribution in [0.2, 0.25) is 10.0 Å². The SMILES string of the molecule is O=C(NCc1csc(Cc2ccccc2)n1)c1ccc(Cl)c(Cl)c1. The predicted molar refractivity (Wildman–Crippen MR) is 99.0 cm³/mol. The zero-order valence-electron chi connectivity index (χ0n) is 12.6. The van der Waals surface area contributed by atoms with Gasteiger partial charge in [0.1, 0.15) is 0 Å². The highest BCUT2D eigenvalue weighted by Crippen LogP contribution is 2.22. The third kappa shape index (κ3) is 4.35. The van der Waals surface area contributed by atoms with Crippen molar-refractivity contribution >= 4 is 40.4 Å². The van der Waals surface area contributed by atoms with Crippen LogP contribution in [0.15, 0.2) is 53.9 Å². The molecule has 24 heavy (non-hydrogen) atoms. The van der Waals surface area contributed by atoms with Gasteiger partial charge in [-0.2, -0.15) is 0 Å². The summed E-state index contributed by atoms with van der Waals surface area (Å²) >= 11 is 13.4. The quantitative estimate of drug-likeness (QED) is 0.682. The molecule has 1 heterocycles. The molecule has 3 nitrogen and oxygen atoms in total. The lowest BCUT2D eigenvalue weighted by Crippen LogP contribution is -2.22. The molecule has 1 aromatic heterocycles. The fraction of sp³-hybridized carbons (Fsp3) is 0.111. The summed E-state index contributed by atoms with van der Waals surface area (Å²) in [5, 5.41) is 6.63. The van der Waals surface area contributed by atoms with E-state index in [0.717, 1.165) is 17.1 Å². The fourth-order valence-corrected chi connectivity index (χ4v) is 3.32. The number of rotatable bonds is 5. The van der Waals surface area contributed by atoms with E-state index >= 15 is 0 Å². The van der Waals surface area contributed by atoms with Gasteiger partial charge >= 0.3 is 0 Å². The van der Waals surface area contributed by atoms with Gasteiger partial charge in [-0.3, -0.25) is 4.79 Å². The van der Waals surface area contributed by atoms with Gasteiger partial charge in [0.2, 0.25) is 0 Å². The Morgan fingerprint density at radius 1 is 1.08 bits per heavy atom. The van der Waals surface area contributed by atoms with Gasteiger partial charge in [-0.25, -0.2) is 4.98 Å². The number of halogens is 2. The molecule has 0 aliphatic heterocycles. The molecule has 0 saturated carbocycles. The highest BCUT2D eigenvalue weighted by molar-refractivity contribution is 7.09. The first-order valence-electron chi connectivity index (χ1n) is 7.32. The molecule has 6 heteroatoms. The van der Waals surface area contributed by atoms with Crippen LogP contribution >= 0.6 is 34.5 Å². The average molecular weight is 377 g/mol. The second-order valence-corrected chi connectivity index (χ2v) is 6.96. The summed E-state index contributed by atoms with van der Waals surface area (Å²) in [5.41, 5.74) is 2.54. The van der Waals surface area contributed by atoms with Gasteiger partial charge in [-0.05, 0) is 23.8 Å². The summed E-state index contributed by atoms with van der Waals surface area (Å²) in [6.07, 6.45) is 0.798. The summed E-state index contributed by atoms with van der Waals surface area (Å²) in [7, 11) is 0. The molecule has 0 spiro atoms. The first kappa shape index (κ1) is 17.0. The summed E-state index contributed by atoms with van der Waals surface area (Å²) < 4.78 is 0. The molecule has 0 unspecified atom stereocenters. The molecule has 3 aromatic rings. The third-order valence-corrected chi connectivity index (χ3v) is 5.05. The van der Waals surface area contributed by atoms with Crippen molar-refractivity contribution in [2.24, 2.45) is 0 Å². The van der Waals surface area contributed by atoms with E-state index in [0.29, 0.717) is 22.2 Å². The molecule has 122 valence electrons. The van der Waals surface area contributed by atoms with Crippen LogP contribution in [-0.4, -0.2) is 10.9 Å². The monoisotopic (exact) mass is 376 g/mol. The lowest BCUT2D eigenvalue weighted by atomic mass is 10.2. The van der Waals surface area contributed by atoms with E-state index in [-0.39, 0.29) is 5.91 Å². The van der Waals surface area contributed by atoms with Crippen molar-refractivity contribution in [3.63, 3.8) is 0 Å². The van der Waals surface area contributed by atoms with Crippen LogP contribution in [0.25, 0.3) is 0 Å². The van der Waals surface area contributed by atoms with E-state index in [1.165, 1.54) is 5.56 Å². The van der Waals surface area contributed by atoms with Gasteiger partial charge in [-0.1, -0.05) is 53.5 Å². The van der Waals surface area contributed by atoms with Crippen molar-refractivity contribution in [3.8, 4) is 0 Å². The molecular weight excluding hydrogens is 363 g/mol. The number of nitrogens with one attached hydrogen (secondary N) is 1. The molecule has 0 atom stereocenters. The van der Waals surface area contributed by atoms with Crippen LogP contribution in [0.5, 0.6) is 0 Å². The molecule has 0 bridgehead atoms. The molecule has 0 aliphatic carbocycles. The standard InChI is InChI=1S/C18H14Cl2N2OS/c19-15-7-6-13(9-16(15)20)18(23)21-10-14-11-24-17(22-14)8-12-4-2-1-3-5-12/h1-7,9,11H,8,10H2,(H,21,23). The van der Waals surface area contributed by atoms with Gasteiger partial charge in [0.25, 0.3) is 5.91 Å². The Morgan fingerprint density at radius 2 is 1.88 bits per heavy atom. The normalized spacial score (nSPS) is 10.6. The first-order valence-corrected chi connectivity index (χ1v) is 8.96. The average Bonchev–Trinajstić information content (AvgIpc) is 3.03. The van der Waals surface area contributed by atoms with Crippen molar-refractivity contribution in [3.05, 3.63) is 85.8 Å². The second kappa shape index (κ2) is 7.79. The summed E-state index contributed by atoms with van der Waals surface area (Å²) in [4.78, 5) is 16.7. The maximum atomic E-state index is 12.1. The summed E-state index contributed by atoms with van der Waals surface area (Å²) in [6.45, 7) is 0.379. The first-order chi connectivity index (χ1) is 11.6. The Labute approximate surface area is 154 Å². The number of carbonyl (C=O) groups excluding carboxylic acids is 1. The minimum Gasteiger partial charge on any atom is -0.346 e. The smallest absolute Gasteiger partial charge is 0.251 e. The van der Waals surface area contributed by atoms with Crippen LogP contribution in [0.3, 0.4) is 0 Å². The van der Waals surface area contributed by atoms with Crippen LogP contribution < -0.4 is 5.32 Å². The molecule has 0 radical (unpaired) electrons. The van der Waals surface area contributed by atoms with E-state index < -0.39 is 0 Å². The van der Waals surface area contributed by atoms with Gasteiger partial charge in [0, 0.05) is 17.4 Å². The van der Waals surface area contributed by atoms with E-state index in [4.69, 9.17) is 23.2 Å². The van der Waals surface area contributed by atoms with Crippen molar-refractivity contribution in [2.45, 2.75) is 13.0 Å². The van der Waals surface area contributed by atoms with Gasteiger partial charge in [-0.15, -0.1) is 11.3 Å². The largest absolute Gasteiger partial charge is 0.346 e. The van der Waals surface area contributed by atoms with Crippen LogP contribution in [0.1, 0.15) is 26.6 Å². The van der Waals surface area contributed by atoms with Crippen molar-refractivity contribution in [2.75, 3.05) is 0 Å².